The van der Waals surface area contributed by atoms with E-state index in [1.165, 1.54) is 26.4 Å². The van der Waals surface area contributed by atoms with Crippen molar-refractivity contribution in [1.82, 2.24) is 0 Å². The van der Waals surface area contributed by atoms with Gasteiger partial charge in [-0.3, -0.25) is 9.59 Å². The molecular weight excluding hydrogens is 284 g/mol. The summed E-state index contributed by atoms with van der Waals surface area (Å²) in [4.78, 5) is 22.7. The summed E-state index contributed by atoms with van der Waals surface area (Å²) in [5, 5.41) is 0. The van der Waals surface area contributed by atoms with Crippen LogP contribution in [0.2, 0.25) is 0 Å². The van der Waals surface area contributed by atoms with Gasteiger partial charge < -0.3 is 9.47 Å². The Morgan fingerprint density at radius 3 is 2.20 bits per heavy atom. The molecule has 0 radical (unpaired) electrons. The molecular formula is C13H16O6S. The van der Waals surface area contributed by atoms with Crippen LogP contribution < -0.4 is 4.74 Å². The van der Waals surface area contributed by atoms with E-state index in [1.54, 1.807) is 12.1 Å². The summed E-state index contributed by atoms with van der Waals surface area (Å²) < 4.78 is 32.7. The molecule has 0 fully saturated rings. The second kappa shape index (κ2) is 7.04. The molecule has 0 atom stereocenters. The zero-order valence-electron chi connectivity index (χ0n) is 11.3. The number of ketones is 1. The lowest BCUT2D eigenvalue weighted by atomic mass is 10.1. The van der Waals surface area contributed by atoms with Crippen molar-refractivity contribution in [3.05, 3.63) is 29.8 Å². The summed E-state index contributed by atoms with van der Waals surface area (Å²) in [7, 11) is -0.959. The van der Waals surface area contributed by atoms with E-state index in [0.717, 1.165) is 0 Å². The van der Waals surface area contributed by atoms with E-state index < -0.39 is 33.1 Å². The van der Waals surface area contributed by atoms with Gasteiger partial charge in [-0.05, 0) is 24.3 Å². The summed E-state index contributed by atoms with van der Waals surface area (Å²) >= 11 is 0. The van der Waals surface area contributed by atoms with Gasteiger partial charge >= 0.3 is 5.97 Å². The number of hydrogen-bond acceptors (Lipinski definition) is 6. The number of benzene rings is 1. The Morgan fingerprint density at radius 1 is 1.10 bits per heavy atom. The molecule has 0 saturated heterocycles. The van der Waals surface area contributed by atoms with Crippen LogP contribution in [0.25, 0.3) is 0 Å². The Hall–Kier alpha value is -1.89. The number of esters is 1. The molecule has 0 amide bonds. The predicted octanol–water partition coefficient (Wildman–Crippen LogP) is 0.856. The van der Waals surface area contributed by atoms with E-state index in [-0.39, 0.29) is 12.0 Å². The van der Waals surface area contributed by atoms with Crippen LogP contribution in [0, 0.1) is 0 Å². The molecule has 0 spiro atoms. The number of Topliss-reactive ketones (excluding diaryl/α,β-unsaturated/α-hetero) is 1. The number of ether oxygens (including phenoxy) is 2. The Balaban J connectivity index is 2.66. The van der Waals surface area contributed by atoms with Crippen molar-refractivity contribution < 1.29 is 27.5 Å². The number of methoxy groups -OCH3 is 2. The molecule has 0 saturated carbocycles. The maximum absolute atomic E-state index is 11.8. The highest BCUT2D eigenvalue weighted by atomic mass is 32.2. The fraction of sp³-hybridized carbons (Fsp3) is 0.385. The maximum Gasteiger partial charge on any atom is 0.306 e. The molecule has 0 bridgehead atoms. The van der Waals surface area contributed by atoms with E-state index in [2.05, 4.69) is 4.74 Å². The lowest BCUT2D eigenvalue weighted by Gasteiger charge is -2.04. The fourth-order valence-corrected chi connectivity index (χ4v) is 2.66. The van der Waals surface area contributed by atoms with Crippen LogP contribution in [0.15, 0.2) is 24.3 Å². The molecule has 1 aromatic rings. The highest BCUT2D eigenvalue weighted by Crippen LogP contribution is 2.12. The van der Waals surface area contributed by atoms with Gasteiger partial charge in [0.1, 0.15) is 11.5 Å². The van der Waals surface area contributed by atoms with Gasteiger partial charge in [-0.15, -0.1) is 0 Å². The Morgan fingerprint density at radius 2 is 1.70 bits per heavy atom. The molecule has 20 heavy (non-hydrogen) atoms. The quantitative estimate of drug-likeness (QED) is 0.548. The predicted molar refractivity (Wildman–Crippen MR) is 72.6 cm³/mol. The molecule has 0 N–H and O–H groups in total. The number of rotatable bonds is 7. The van der Waals surface area contributed by atoms with E-state index in [9.17, 15) is 18.0 Å². The van der Waals surface area contributed by atoms with Gasteiger partial charge in [-0.2, -0.15) is 0 Å². The topological polar surface area (TPSA) is 86.7 Å². The first-order chi connectivity index (χ1) is 9.38. The van der Waals surface area contributed by atoms with Crippen LogP contribution in [0.3, 0.4) is 0 Å². The maximum atomic E-state index is 11.8. The largest absolute Gasteiger partial charge is 0.497 e. The average molecular weight is 300 g/mol. The van der Waals surface area contributed by atoms with Gasteiger partial charge in [0.15, 0.2) is 15.6 Å². The molecule has 0 aliphatic rings. The van der Waals surface area contributed by atoms with Crippen molar-refractivity contribution in [1.29, 1.82) is 0 Å². The van der Waals surface area contributed by atoms with Gasteiger partial charge in [0, 0.05) is 5.56 Å². The zero-order chi connectivity index (χ0) is 15.2. The zero-order valence-corrected chi connectivity index (χ0v) is 12.1. The Bertz CT molecular complexity index is 573. The molecule has 0 heterocycles. The van der Waals surface area contributed by atoms with Gasteiger partial charge in [0.05, 0.1) is 26.4 Å². The van der Waals surface area contributed by atoms with E-state index >= 15 is 0 Å². The number of carbonyl (C=O) groups is 2. The van der Waals surface area contributed by atoms with Crippen LogP contribution in [-0.4, -0.2) is 45.9 Å². The van der Waals surface area contributed by atoms with Crippen LogP contribution >= 0.6 is 0 Å². The smallest absolute Gasteiger partial charge is 0.306 e. The first-order valence-electron chi connectivity index (χ1n) is 5.82. The van der Waals surface area contributed by atoms with Crippen LogP contribution in [0.5, 0.6) is 5.75 Å². The van der Waals surface area contributed by atoms with Crippen molar-refractivity contribution in [2.45, 2.75) is 6.42 Å². The molecule has 110 valence electrons. The van der Waals surface area contributed by atoms with Crippen molar-refractivity contribution in [2.75, 3.05) is 25.7 Å². The third-order valence-corrected chi connectivity index (χ3v) is 4.14. The van der Waals surface area contributed by atoms with Gasteiger partial charge in [-0.25, -0.2) is 8.42 Å². The molecule has 0 aromatic heterocycles. The summed E-state index contributed by atoms with van der Waals surface area (Å²) in [6.45, 7) is 0. The fourth-order valence-electron chi connectivity index (χ4n) is 1.47. The third kappa shape index (κ3) is 5.00. The summed E-state index contributed by atoms with van der Waals surface area (Å²) in [5.41, 5.74) is 0.285. The van der Waals surface area contributed by atoms with E-state index in [1.807, 2.05) is 0 Å². The van der Waals surface area contributed by atoms with E-state index in [0.29, 0.717) is 5.75 Å². The molecule has 0 unspecified atom stereocenters. The summed E-state index contributed by atoms with van der Waals surface area (Å²) in [5.74, 6) is -1.59. The van der Waals surface area contributed by atoms with Gasteiger partial charge in [0.25, 0.3) is 0 Å². The standard InChI is InChI=1S/C13H16O6S/c1-18-11-5-3-10(4-6-11)12(14)9-20(16,17)8-7-13(15)19-2/h3-6H,7-9H2,1-2H3. The molecule has 1 rings (SSSR count). The minimum atomic E-state index is -3.63. The first-order valence-corrected chi connectivity index (χ1v) is 7.64. The van der Waals surface area contributed by atoms with Crippen LogP contribution in [0.4, 0.5) is 0 Å². The highest BCUT2D eigenvalue weighted by Gasteiger charge is 2.19. The molecule has 0 aliphatic heterocycles. The second-order valence-electron chi connectivity index (χ2n) is 4.07. The van der Waals surface area contributed by atoms with E-state index in [4.69, 9.17) is 4.74 Å². The first kappa shape index (κ1) is 16.2. The SMILES string of the molecule is COC(=O)CCS(=O)(=O)CC(=O)c1ccc(OC)cc1. The van der Waals surface area contributed by atoms with Gasteiger partial charge in [-0.1, -0.05) is 0 Å². The Labute approximate surface area is 117 Å². The van der Waals surface area contributed by atoms with Crippen molar-refractivity contribution in [2.24, 2.45) is 0 Å². The van der Waals surface area contributed by atoms with Crippen molar-refractivity contribution in [3.63, 3.8) is 0 Å². The second-order valence-corrected chi connectivity index (χ2v) is 6.25. The van der Waals surface area contributed by atoms with Crippen LogP contribution in [-0.2, 0) is 19.4 Å². The normalized spacial score (nSPS) is 10.9. The summed E-state index contributed by atoms with van der Waals surface area (Å²) in [6.07, 6.45) is -0.255. The monoisotopic (exact) mass is 300 g/mol. The van der Waals surface area contributed by atoms with Gasteiger partial charge in [0.2, 0.25) is 0 Å². The number of carbonyl (C=O) groups excluding carboxylic acids is 2. The lowest BCUT2D eigenvalue weighted by molar-refractivity contribution is -0.140. The lowest BCUT2D eigenvalue weighted by Crippen LogP contribution is -2.21. The summed E-state index contributed by atoms with van der Waals surface area (Å²) in [6, 6.07) is 6.15. The highest BCUT2D eigenvalue weighted by molar-refractivity contribution is 7.92. The number of hydrogen-bond donors (Lipinski definition) is 0. The van der Waals surface area contributed by atoms with Crippen molar-refractivity contribution >= 4 is 21.6 Å². The molecule has 6 nitrogen and oxygen atoms in total. The average Bonchev–Trinajstić information content (AvgIpc) is 2.44. The molecule has 1 aromatic carbocycles. The minimum absolute atomic E-state index is 0.255. The van der Waals surface area contributed by atoms with Crippen LogP contribution in [0.1, 0.15) is 16.8 Å². The minimum Gasteiger partial charge on any atom is -0.497 e. The third-order valence-electron chi connectivity index (χ3n) is 2.61. The molecule has 7 heteroatoms. The Kier molecular flexibility index (Phi) is 5.69. The van der Waals surface area contributed by atoms with Crippen molar-refractivity contribution in [3.8, 4) is 5.75 Å². The molecule has 0 aliphatic carbocycles. The number of sulfone groups is 1.